The number of carbonyl (C=O) groups is 2. The highest BCUT2D eigenvalue weighted by atomic mass is 32.2. The Labute approximate surface area is 165 Å². The zero-order valence-electron chi connectivity index (χ0n) is 14.9. The highest BCUT2D eigenvalue weighted by Crippen LogP contribution is 2.40. The number of nitrogens with two attached hydrogens (primary N) is 1. The first kappa shape index (κ1) is 18.2. The first-order chi connectivity index (χ1) is 13.0. The molecule has 0 saturated heterocycles. The molecule has 142 valence electrons. The zero-order valence-corrected chi connectivity index (χ0v) is 16.5. The van der Waals surface area contributed by atoms with Crippen molar-refractivity contribution in [1.82, 2.24) is 0 Å². The van der Waals surface area contributed by atoms with E-state index in [2.05, 4.69) is 5.32 Å². The lowest BCUT2D eigenvalue weighted by molar-refractivity contribution is -0.115. The number of ether oxygens (including phenoxy) is 2. The third-order valence-electron chi connectivity index (χ3n) is 4.60. The summed E-state index contributed by atoms with van der Waals surface area (Å²) in [5.41, 5.74) is 7.05. The molecule has 0 unspecified atom stereocenters. The van der Waals surface area contributed by atoms with Crippen molar-refractivity contribution < 1.29 is 19.1 Å². The summed E-state index contributed by atoms with van der Waals surface area (Å²) in [5.74, 6) is 0.792. The summed E-state index contributed by atoms with van der Waals surface area (Å²) in [6, 6.07) is 5.66. The molecule has 0 spiro atoms. The van der Waals surface area contributed by atoms with Crippen LogP contribution in [0.25, 0.3) is 0 Å². The molecule has 27 heavy (non-hydrogen) atoms. The summed E-state index contributed by atoms with van der Waals surface area (Å²) in [4.78, 5) is 26.6. The molecule has 2 heterocycles. The monoisotopic (exact) mass is 404 g/mol. The Balaban J connectivity index is 1.47. The standard InChI is InChI=1S/C19H20N2O4S2/c1-10(26-11-5-6-13-14(9-11)25-8-7-24-13)18(23)21-19-16(17(20)22)12-3-2-4-15(12)27-19/h5-6,9-10H,2-4,7-8H2,1H3,(H2,20,22)(H,21,23)/t10-/m0/s1. The van der Waals surface area contributed by atoms with Gasteiger partial charge in [-0.1, -0.05) is 0 Å². The van der Waals surface area contributed by atoms with Crippen molar-refractivity contribution in [2.75, 3.05) is 18.5 Å². The predicted octanol–water partition coefficient (Wildman–Crippen LogP) is 3.23. The first-order valence-electron chi connectivity index (χ1n) is 8.84. The summed E-state index contributed by atoms with van der Waals surface area (Å²) in [7, 11) is 0. The van der Waals surface area contributed by atoms with E-state index in [-0.39, 0.29) is 11.2 Å². The number of rotatable bonds is 5. The second-order valence-electron chi connectivity index (χ2n) is 6.48. The van der Waals surface area contributed by atoms with E-state index < -0.39 is 5.91 Å². The zero-order chi connectivity index (χ0) is 19.0. The average molecular weight is 405 g/mol. The molecule has 1 aromatic carbocycles. The van der Waals surface area contributed by atoms with Gasteiger partial charge in [0.1, 0.15) is 18.2 Å². The number of thioether (sulfide) groups is 1. The molecule has 0 fully saturated rings. The van der Waals surface area contributed by atoms with Gasteiger partial charge in [0.25, 0.3) is 5.91 Å². The lowest BCUT2D eigenvalue weighted by Gasteiger charge is -2.19. The molecular formula is C19H20N2O4S2. The number of nitrogens with one attached hydrogen (secondary N) is 1. The van der Waals surface area contributed by atoms with Crippen LogP contribution >= 0.6 is 23.1 Å². The maximum Gasteiger partial charge on any atom is 0.251 e. The number of aryl methyl sites for hydroxylation is 1. The van der Waals surface area contributed by atoms with Crippen LogP contribution in [0.4, 0.5) is 5.00 Å². The molecule has 0 saturated carbocycles. The number of hydrogen-bond donors (Lipinski definition) is 2. The van der Waals surface area contributed by atoms with Crippen LogP contribution in [0.15, 0.2) is 23.1 Å². The fraction of sp³-hybridized carbons (Fsp3) is 0.368. The minimum absolute atomic E-state index is 0.155. The number of benzene rings is 1. The second-order valence-corrected chi connectivity index (χ2v) is 9.00. The topological polar surface area (TPSA) is 90.7 Å². The van der Waals surface area contributed by atoms with Gasteiger partial charge in [-0.05, 0) is 49.9 Å². The lowest BCUT2D eigenvalue weighted by atomic mass is 10.1. The molecule has 0 bridgehead atoms. The molecule has 8 heteroatoms. The lowest BCUT2D eigenvalue weighted by Crippen LogP contribution is -2.24. The molecule has 3 N–H and O–H groups in total. The maximum absolute atomic E-state index is 12.7. The average Bonchev–Trinajstić information content (AvgIpc) is 3.21. The molecular weight excluding hydrogens is 384 g/mol. The molecule has 1 aromatic heterocycles. The summed E-state index contributed by atoms with van der Waals surface area (Å²) < 4.78 is 11.1. The van der Waals surface area contributed by atoms with E-state index in [1.54, 1.807) is 0 Å². The van der Waals surface area contributed by atoms with E-state index in [0.717, 1.165) is 40.3 Å². The Hall–Kier alpha value is -2.19. The molecule has 2 aromatic rings. The van der Waals surface area contributed by atoms with E-state index >= 15 is 0 Å². The normalized spacial score (nSPS) is 15.9. The quantitative estimate of drug-likeness (QED) is 0.747. The molecule has 1 atom stereocenters. The second kappa shape index (κ2) is 7.44. The third kappa shape index (κ3) is 3.64. The highest BCUT2D eigenvalue weighted by molar-refractivity contribution is 8.00. The van der Waals surface area contributed by atoms with Crippen molar-refractivity contribution in [3.8, 4) is 11.5 Å². The number of anilines is 1. The van der Waals surface area contributed by atoms with Crippen LogP contribution in [0.3, 0.4) is 0 Å². The number of thiophene rings is 1. The van der Waals surface area contributed by atoms with Gasteiger partial charge in [-0.15, -0.1) is 23.1 Å². The van der Waals surface area contributed by atoms with Gasteiger partial charge in [0.15, 0.2) is 11.5 Å². The Morgan fingerprint density at radius 2 is 2.00 bits per heavy atom. The van der Waals surface area contributed by atoms with Crippen LogP contribution in [-0.4, -0.2) is 30.3 Å². The van der Waals surface area contributed by atoms with Gasteiger partial charge in [0, 0.05) is 9.77 Å². The van der Waals surface area contributed by atoms with Crippen LogP contribution in [0, 0.1) is 0 Å². The predicted molar refractivity (Wildman–Crippen MR) is 106 cm³/mol. The maximum atomic E-state index is 12.7. The van der Waals surface area contributed by atoms with Crippen molar-refractivity contribution in [3.63, 3.8) is 0 Å². The van der Waals surface area contributed by atoms with Gasteiger partial charge in [0.2, 0.25) is 5.91 Å². The summed E-state index contributed by atoms with van der Waals surface area (Å²) in [6.45, 7) is 2.91. The minimum atomic E-state index is -0.475. The Kier molecular flexibility index (Phi) is 5.01. The van der Waals surface area contributed by atoms with Crippen molar-refractivity contribution in [2.45, 2.75) is 36.3 Å². The van der Waals surface area contributed by atoms with Gasteiger partial charge < -0.3 is 20.5 Å². The van der Waals surface area contributed by atoms with E-state index in [4.69, 9.17) is 15.2 Å². The van der Waals surface area contributed by atoms with Gasteiger partial charge in [-0.25, -0.2) is 0 Å². The molecule has 1 aliphatic heterocycles. The van der Waals surface area contributed by atoms with E-state index in [1.165, 1.54) is 23.1 Å². The first-order valence-corrected chi connectivity index (χ1v) is 10.5. The Morgan fingerprint density at radius 1 is 1.22 bits per heavy atom. The smallest absolute Gasteiger partial charge is 0.251 e. The number of primary amides is 1. The molecule has 2 amide bonds. The SMILES string of the molecule is C[C@H](Sc1ccc2c(c1)OCCO2)C(=O)Nc1sc2c(c1C(N)=O)CCC2. The van der Waals surface area contributed by atoms with Crippen LogP contribution in [0.2, 0.25) is 0 Å². The number of amides is 2. The van der Waals surface area contributed by atoms with E-state index in [1.807, 2.05) is 25.1 Å². The minimum Gasteiger partial charge on any atom is -0.486 e. The van der Waals surface area contributed by atoms with Crippen molar-refractivity contribution in [1.29, 1.82) is 0 Å². The van der Waals surface area contributed by atoms with Crippen LogP contribution < -0.4 is 20.5 Å². The highest BCUT2D eigenvalue weighted by Gasteiger charge is 2.27. The van der Waals surface area contributed by atoms with Crippen LogP contribution in [0.5, 0.6) is 11.5 Å². The van der Waals surface area contributed by atoms with Gasteiger partial charge in [-0.3, -0.25) is 9.59 Å². The molecule has 1 aliphatic carbocycles. The van der Waals surface area contributed by atoms with Gasteiger partial charge in [-0.2, -0.15) is 0 Å². The third-order valence-corrected chi connectivity index (χ3v) is 6.90. The molecule has 0 radical (unpaired) electrons. The Bertz CT molecular complexity index is 909. The van der Waals surface area contributed by atoms with Crippen molar-refractivity contribution in [3.05, 3.63) is 34.2 Å². The van der Waals surface area contributed by atoms with Gasteiger partial charge >= 0.3 is 0 Å². The number of fused-ring (bicyclic) bond motifs is 2. The Morgan fingerprint density at radius 3 is 2.78 bits per heavy atom. The fourth-order valence-corrected chi connectivity index (χ4v) is 5.51. The fourth-order valence-electron chi connectivity index (χ4n) is 3.32. The molecule has 2 aliphatic rings. The molecule has 6 nitrogen and oxygen atoms in total. The van der Waals surface area contributed by atoms with E-state index in [0.29, 0.717) is 29.5 Å². The van der Waals surface area contributed by atoms with Gasteiger partial charge in [0.05, 0.1) is 10.8 Å². The summed E-state index contributed by atoms with van der Waals surface area (Å²) in [6.07, 6.45) is 2.82. The summed E-state index contributed by atoms with van der Waals surface area (Å²) in [5, 5.41) is 3.14. The molecule has 4 rings (SSSR count). The number of hydrogen-bond acceptors (Lipinski definition) is 6. The summed E-state index contributed by atoms with van der Waals surface area (Å²) >= 11 is 2.90. The van der Waals surface area contributed by atoms with Crippen LogP contribution in [0.1, 0.15) is 34.1 Å². The van der Waals surface area contributed by atoms with Crippen molar-refractivity contribution >= 4 is 39.9 Å². The number of carbonyl (C=O) groups excluding carboxylic acids is 2. The van der Waals surface area contributed by atoms with Crippen LogP contribution in [-0.2, 0) is 17.6 Å². The van der Waals surface area contributed by atoms with E-state index in [9.17, 15) is 9.59 Å². The largest absolute Gasteiger partial charge is 0.486 e. The van der Waals surface area contributed by atoms with Crippen molar-refractivity contribution in [2.24, 2.45) is 5.73 Å².